The van der Waals surface area contributed by atoms with Crippen molar-refractivity contribution in [3.8, 4) is 40.1 Å². The van der Waals surface area contributed by atoms with E-state index in [2.05, 4.69) is 0 Å². The number of methoxy groups -OCH3 is 1. The lowest BCUT2D eigenvalue weighted by Crippen LogP contribution is -2.60. The van der Waals surface area contributed by atoms with Gasteiger partial charge in [0, 0.05) is 11.6 Å². The Morgan fingerprint density at radius 3 is 2.26 bits per heavy atom. The highest BCUT2D eigenvalue weighted by atomic mass is 16.7. The number of aromatic hydroxyl groups is 3. The fraction of sp³-hybridized carbons (Fsp3) is 0.318. The molecule has 1 aliphatic rings. The van der Waals surface area contributed by atoms with Gasteiger partial charge in [0.15, 0.2) is 17.3 Å². The maximum Gasteiger partial charge on any atom is 0.239 e. The molecule has 3 aromatic rings. The molecule has 5 unspecified atom stereocenters. The second-order valence-electron chi connectivity index (χ2n) is 7.60. The van der Waals surface area contributed by atoms with Crippen molar-refractivity contribution in [3.63, 3.8) is 0 Å². The fourth-order valence-corrected chi connectivity index (χ4v) is 3.65. The first-order valence-electron chi connectivity index (χ1n) is 10.0. The third-order valence-electron chi connectivity index (χ3n) is 5.48. The Hall–Kier alpha value is -3.55. The average molecular weight is 478 g/mol. The van der Waals surface area contributed by atoms with E-state index >= 15 is 0 Å². The molecule has 1 aromatic heterocycles. The number of aliphatic hydroxyl groups excluding tert-OH is 4. The summed E-state index contributed by atoms with van der Waals surface area (Å²) in [6.45, 7) is -0.704. The number of benzene rings is 2. The minimum Gasteiger partial charge on any atom is -0.508 e. The van der Waals surface area contributed by atoms with Crippen LogP contribution in [0.25, 0.3) is 22.3 Å². The molecule has 5 atom stereocenters. The zero-order valence-electron chi connectivity index (χ0n) is 17.7. The van der Waals surface area contributed by atoms with Crippen LogP contribution in [0.2, 0.25) is 0 Å². The van der Waals surface area contributed by atoms with Crippen molar-refractivity contribution in [2.75, 3.05) is 13.7 Å². The monoisotopic (exact) mass is 478 g/mol. The first-order chi connectivity index (χ1) is 16.2. The lowest BCUT2D eigenvalue weighted by Gasteiger charge is -2.39. The van der Waals surface area contributed by atoms with E-state index in [1.165, 1.54) is 31.4 Å². The molecule has 12 nitrogen and oxygen atoms in total. The normalized spacial score (nSPS) is 24.8. The lowest BCUT2D eigenvalue weighted by atomic mass is 9.99. The first kappa shape index (κ1) is 23.6. The summed E-state index contributed by atoms with van der Waals surface area (Å²) in [7, 11) is 1.22. The largest absolute Gasteiger partial charge is 0.508 e. The molecule has 1 fully saturated rings. The summed E-state index contributed by atoms with van der Waals surface area (Å²) < 4.78 is 21.6. The zero-order valence-corrected chi connectivity index (χ0v) is 17.7. The molecule has 34 heavy (non-hydrogen) atoms. The molecule has 4 rings (SSSR count). The highest BCUT2D eigenvalue weighted by Gasteiger charge is 2.45. The summed E-state index contributed by atoms with van der Waals surface area (Å²) in [5.74, 6) is -2.61. The molecular weight excluding hydrogens is 456 g/mol. The SMILES string of the molecule is COc1c(-c2ccc(O)cc2)oc2cc(OC3OC(CO)C(O)C(O)C3O)c(O)c(O)c2c1=O. The van der Waals surface area contributed by atoms with Crippen molar-refractivity contribution in [2.45, 2.75) is 30.7 Å². The smallest absolute Gasteiger partial charge is 0.239 e. The van der Waals surface area contributed by atoms with E-state index in [4.69, 9.17) is 18.6 Å². The Labute approximate surface area is 191 Å². The van der Waals surface area contributed by atoms with Gasteiger partial charge >= 0.3 is 0 Å². The second kappa shape index (κ2) is 9.00. The number of aliphatic hydroxyl groups is 4. The van der Waals surface area contributed by atoms with Gasteiger partial charge in [0.2, 0.25) is 23.2 Å². The summed E-state index contributed by atoms with van der Waals surface area (Å²) in [5.41, 5.74) is -0.680. The summed E-state index contributed by atoms with van der Waals surface area (Å²) in [5, 5.41) is 69.4. The Morgan fingerprint density at radius 2 is 1.65 bits per heavy atom. The van der Waals surface area contributed by atoms with Gasteiger partial charge in [-0.15, -0.1) is 0 Å². The summed E-state index contributed by atoms with van der Waals surface area (Å²) in [6, 6.07) is 6.71. The predicted molar refractivity (Wildman–Crippen MR) is 114 cm³/mol. The Morgan fingerprint density at radius 1 is 0.971 bits per heavy atom. The van der Waals surface area contributed by atoms with Gasteiger partial charge in [-0.2, -0.15) is 0 Å². The molecule has 2 aromatic carbocycles. The number of ether oxygens (including phenoxy) is 3. The lowest BCUT2D eigenvalue weighted by molar-refractivity contribution is -0.277. The van der Waals surface area contributed by atoms with E-state index in [0.717, 1.165) is 6.07 Å². The quantitative estimate of drug-likeness (QED) is 0.238. The molecule has 1 aliphatic heterocycles. The van der Waals surface area contributed by atoms with Crippen LogP contribution in [0, 0.1) is 0 Å². The van der Waals surface area contributed by atoms with E-state index in [1.807, 2.05) is 0 Å². The van der Waals surface area contributed by atoms with Crippen molar-refractivity contribution in [3.05, 3.63) is 40.6 Å². The van der Waals surface area contributed by atoms with Crippen molar-refractivity contribution in [2.24, 2.45) is 0 Å². The third-order valence-corrected chi connectivity index (χ3v) is 5.48. The molecule has 0 saturated carbocycles. The van der Waals surface area contributed by atoms with Crippen LogP contribution in [0.4, 0.5) is 0 Å². The predicted octanol–water partition coefficient (Wildman–Crippen LogP) is -0.236. The van der Waals surface area contributed by atoms with Gasteiger partial charge < -0.3 is 54.4 Å². The highest BCUT2D eigenvalue weighted by molar-refractivity contribution is 5.91. The number of phenols is 3. The molecule has 7 N–H and O–H groups in total. The highest BCUT2D eigenvalue weighted by Crippen LogP contribution is 2.44. The minimum atomic E-state index is -1.79. The molecule has 1 saturated heterocycles. The first-order valence-corrected chi connectivity index (χ1v) is 10.0. The van der Waals surface area contributed by atoms with Crippen LogP contribution in [-0.4, -0.2) is 80.2 Å². The molecule has 0 amide bonds. The minimum absolute atomic E-state index is 0.0244. The Kier molecular flexibility index (Phi) is 6.25. The number of fused-ring (bicyclic) bond motifs is 1. The van der Waals surface area contributed by atoms with E-state index in [1.54, 1.807) is 0 Å². The van der Waals surface area contributed by atoms with Crippen molar-refractivity contribution >= 4 is 11.0 Å². The van der Waals surface area contributed by atoms with Crippen LogP contribution < -0.4 is 14.9 Å². The van der Waals surface area contributed by atoms with E-state index in [-0.39, 0.29) is 22.8 Å². The zero-order chi connectivity index (χ0) is 24.7. The van der Waals surface area contributed by atoms with Crippen LogP contribution in [0.15, 0.2) is 39.5 Å². The maximum atomic E-state index is 13.0. The molecule has 182 valence electrons. The summed E-state index contributed by atoms with van der Waals surface area (Å²) in [4.78, 5) is 13.0. The molecule has 12 heteroatoms. The Balaban J connectivity index is 1.83. The van der Waals surface area contributed by atoms with Crippen LogP contribution >= 0.6 is 0 Å². The van der Waals surface area contributed by atoms with Crippen molar-refractivity contribution in [1.29, 1.82) is 0 Å². The second-order valence-corrected chi connectivity index (χ2v) is 7.60. The van der Waals surface area contributed by atoms with Gasteiger partial charge in [-0.1, -0.05) is 0 Å². The number of rotatable bonds is 5. The van der Waals surface area contributed by atoms with Crippen molar-refractivity contribution < 1.29 is 54.4 Å². The van der Waals surface area contributed by atoms with Crippen molar-refractivity contribution in [1.82, 2.24) is 0 Å². The van der Waals surface area contributed by atoms with Gasteiger partial charge in [-0.3, -0.25) is 4.79 Å². The van der Waals surface area contributed by atoms with Gasteiger partial charge in [0.1, 0.15) is 41.1 Å². The third kappa shape index (κ3) is 3.87. The molecule has 0 spiro atoms. The molecule has 2 heterocycles. The number of hydrogen-bond donors (Lipinski definition) is 7. The molecular formula is C22H22O12. The van der Waals surface area contributed by atoms with Crippen LogP contribution in [0.5, 0.6) is 28.7 Å². The van der Waals surface area contributed by atoms with Crippen LogP contribution in [0.3, 0.4) is 0 Å². The molecule has 0 bridgehead atoms. The van der Waals surface area contributed by atoms with Crippen LogP contribution in [-0.2, 0) is 4.74 Å². The van der Waals surface area contributed by atoms with E-state index in [9.17, 15) is 40.5 Å². The van der Waals surface area contributed by atoms with Gasteiger partial charge in [0.25, 0.3) is 0 Å². The van der Waals surface area contributed by atoms with E-state index in [0.29, 0.717) is 5.56 Å². The number of hydrogen-bond acceptors (Lipinski definition) is 12. The fourth-order valence-electron chi connectivity index (χ4n) is 3.65. The number of phenolic OH excluding ortho intramolecular Hbond substituents is 3. The standard InChI is InChI=1S/C22H22O12/c1-31-21-17(28)13-10(32-20(21)8-2-4-9(24)5-3-8)6-11(14(25)16(13)27)33-22-19(30)18(29)15(26)12(7-23)34-22/h2-6,12,15,18-19,22-27,29-30H,7H2,1H3. The maximum absolute atomic E-state index is 13.0. The van der Waals surface area contributed by atoms with Gasteiger partial charge in [-0.25, -0.2) is 0 Å². The van der Waals surface area contributed by atoms with Crippen LogP contribution in [0.1, 0.15) is 0 Å². The summed E-state index contributed by atoms with van der Waals surface area (Å²) in [6.07, 6.45) is -8.10. The van der Waals surface area contributed by atoms with E-state index < -0.39 is 65.4 Å². The van der Waals surface area contributed by atoms with Gasteiger partial charge in [0.05, 0.1) is 13.7 Å². The topological polar surface area (TPSA) is 200 Å². The molecule has 0 aliphatic carbocycles. The van der Waals surface area contributed by atoms with Gasteiger partial charge in [-0.05, 0) is 24.3 Å². The average Bonchev–Trinajstić information content (AvgIpc) is 2.82. The molecule has 0 radical (unpaired) electrons. The Bertz CT molecular complexity index is 1250. The summed E-state index contributed by atoms with van der Waals surface area (Å²) >= 11 is 0.